The van der Waals surface area contributed by atoms with E-state index in [1.165, 1.54) is 19.3 Å². The Morgan fingerprint density at radius 1 is 1.17 bits per heavy atom. The van der Waals surface area contributed by atoms with E-state index in [0.717, 1.165) is 30.0 Å². The normalized spacial score (nSPS) is 19.5. The molecular weight excluding hydrogens is 364 g/mol. The van der Waals surface area contributed by atoms with Crippen LogP contribution in [0.4, 0.5) is 11.5 Å². The van der Waals surface area contributed by atoms with E-state index < -0.39 is 0 Å². The van der Waals surface area contributed by atoms with Crippen LogP contribution in [0.5, 0.6) is 0 Å². The molecule has 2 saturated heterocycles. The molecule has 1 atom stereocenters. The molecule has 0 spiro atoms. The lowest BCUT2D eigenvalue weighted by Gasteiger charge is -2.29. The van der Waals surface area contributed by atoms with Crippen LogP contribution in [0, 0.1) is 12.8 Å². The Kier molecular flexibility index (Phi) is 5.79. The molecule has 2 aromatic rings. The highest BCUT2D eigenvalue weighted by Gasteiger charge is 2.34. The van der Waals surface area contributed by atoms with Gasteiger partial charge in [0.1, 0.15) is 5.82 Å². The molecule has 2 fully saturated rings. The molecule has 4 rings (SSSR count). The second-order valence-corrected chi connectivity index (χ2v) is 8.06. The lowest BCUT2D eigenvalue weighted by atomic mass is 10.1. The van der Waals surface area contributed by atoms with Gasteiger partial charge in [-0.15, -0.1) is 0 Å². The van der Waals surface area contributed by atoms with Gasteiger partial charge >= 0.3 is 0 Å². The minimum Gasteiger partial charge on any atom is -0.356 e. The number of likely N-dealkylation sites (tertiary alicyclic amines) is 1. The molecule has 3 heterocycles. The van der Waals surface area contributed by atoms with Gasteiger partial charge in [0.2, 0.25) is 11.8 Å². The summed E-state index contributed by atoms with van der Waals surface area (Å²) in [5, 5.41) is 2.96. The molecule has 1 aromatic carbocycles. The molecule has 0 saturated carbocycles. The zero-order chi connectivity index (χ0) is 20.2. The summed E-state index contributed by atoms with van der Waals surface area (Å²) in [6, 6.07) is 11.9. The van der Waals surface area contributed by atoms with E-state index in [0.29, 0.717) is 18.8 Å². The Labute approximate surface area is 171 Å². The van der Waals surface area contributed by atoms with E-state index in [1.54, 1.807) is 11.1 Å². The van der Waals surface area contributed by atoms with Crippen LogP contribution in [-0.2, 0) is 16.1 Å². The smallest absolute Gasteiger partial charge is 0.229 e. The van der Waals surface area contributed by atoms with Crippen LogP contribution < -0.4 is 10.2 Å². The van der Waals surface area contributed by atoms with Crippen LogP contribution >= 0.6 is 0 Å². The first-order chi connectivity index (χ1) is 14.1. The molecule has 0 radical (unpaired) electrons. The van der Waals surface area contributed by atoms with Crippen molar-refractivity contribution in [1.29, 1.82) is 0 Å². The van der Waals surface area contributed by atoms with Crippen molar-refractivity contribution in [2.75, 3.05) is 29.9 Å². The molecule has 29 heavy (non-hydrogen) atoms. The monoisotopic (exact) mass is 392 g/mol. The number of aryl methyl sites for hydroxylation is 1. The summed E-state index contributed by atoms with van der Waals surface area (Å²) in [5.74, 6) is 0.602. The summed E-state index contributed by atoms with van der Waals surface area (Å²) in [4.78, 5) is 33.8. The van der Waals surface area contributed by atoms with Gasteiger partial charge in [-0.3, -0.25) is 9.59 Å². The maximum Gasteiger partial charge on any atom is 0.229 e. The van der Waals surface area contributed by atoms with E-state index in [-0.39, 0.29) is 24.2 Å². The number of carbonyl (C=O) groups is 2. The molecule has 2 aliphatic rings. The summed E-state index contributed by atoms with van der Waals surface area (Å²) in [6.07, 6.45) is 5.68. The SMILES string of the molecule is Cc1cc(NC(=O)C2CC(=O)N(Cc3ccccc3)C2)cnc1N1CCCCC1. The largest absolute Gasteiger partial charge is 0.356 e. The topological polar surface area (TPSA) is 65.5 Å². The molecule has 0 bridgehead atoms. The summed E-state index contributed by atoms with van der Waals surface area (Å²) >= 11 is 0. The number of rotatable bonds is 5. The van der Waals surface area contributed by atoms with Crippen molar-refractivity contribution in [2.24, 2.45) is 5.92 Å². The number of aromatic nitrogens is 1. The molecule has 2 amide bonds. The predicted octanol–water partition coefficient (Wildman–Crippen LogP) is 3.37. The number of piperidine rings is 1. The van der Waals surface area contributed by atoms with Crippen LogP contribution in [0.1, 0.15) is 36.8 Å². The number of carbonyl (C=O) groups excluding carboxylic acids is 2. The van der Waals surface area contributed by atoms with Crippen LogP contribution in [0.3, 0.4) is 0 Å². The summed E-state index contributed by atoms with van der Waals surface area (Å²) in [5.41, 5.74) is 2.84. The van der Waals surface area contributed by atoms with E-state index in [9.17, 15) is 9.59 Å². The Hall–Kier alpha value is -2.89. The minimum atomic E-state index is -0.326. The third-order valence-corrected chi connectivity index (χ3v) is 5.78. The molecule has 2 aliphatic heterocycles. The standard InChI is InChI=1S/C23H28N4O2/c1-17-12-20(14-24-22(17)26-10-6-3-7-11-26)25-23(29)19-13-21(28)27(16-19)15-18-8-4-2-5-9-18/h2,4-5,8-9,12,14,19H,3,6-7,10-11,13,15-16H2,1H3,(H,25,29). The first-order valence-electron chi connectivity index (χ1n) is 10.4. The molecular formula is C23H28N4O2. The first kappa shape index (κ1) is 19.4. The van der Waals surface area contributed by atoms with Crippen LogP contribution in [0.15, 0.2) is 42.6 Å². The van der Waals surface area contributed by atoms with E-state index in [2.05, 4.69) is 15.2 Å². The first-order valence-corrected chi connectivity index (χ1v) is 10.4. The third-order valence-electron chi connectivity index (χ3n) is 5.78. The van der Waals surface area contributed by atoms with Gasteiger partial charge in [0.05, 0.1) is 17.8 Å². The quantitative estimate of drug-likeness (QED) is 0.847. The van der Waals surface area contributed by atoms with Crippen molar-refractivity contribution in [1.82, 2.24) is 9.88 Å². The zero-order valence-electron chi connectivity index (χ0n) is 16.9. The Bertz CT molecular complexity index is 878. The van der Waals surface area contributed by atoms with Crippen LogP contribution in [-0.4, -0.2) is 41.3 Å². The fraction of sp³-hybridized carbons (Fsp3) is 0.435. The van der Waals surface area contributed by atoms with Gasteiger partial charge in [0, 0.05) is 32.6 Å². The van der Waals surface area contributed by atoms with Crippen LogP contribution in [0.2, 0.25) is 0 Å². The molecule has 1 N–H and O–H groups in total. The highest BCUT2D eigenvalue weighted by molar-refractivity contribution is 5.97. The van der Waals surface area contributed by atoms with Crippen molar-refractivity contribution in [3.8, 4) is 0 Å². The number of benzene rings is 1. The highest BCUT2D eigenvalue weighted by Crippen LogP contribution is 2.25. The molecule has 6 nitrogen and oxygen atoms in total. The summed E-state index contributed by atoms with van der Waals surface area (Å²) < 4.78 is 0. The third kappa shape index (κ3) is 4.58. The molecule has 1 aromatic heterocycles. The van der Waals surface area contributed by atoms with Crippen molar-refractivity contribution in [3.05, 3.63) is 53.7 Å². The number of anilines is 2. The highest BCUT2D eigenvalue weighted by atomic mass is 16.2. The maximum absolute atomic E-state index is 12.7. The van der Waals surface area contributed by atoms with Gasteiger partial charge in [-0.05, 0) is 43.4 Å². The number of nitrogens with zero attached hydrogens (tertiary/aromatic N) is 3. The van der Waals surface area contributed by atoms with Crippen molar-refractivity contribution < 1.29 is 9.59 Å². The predicted molar refractivity (Wildman–Crippen MR) is 114 cm³/mol. The number of nitrogens with one attached hydrogen (secondary N) is 1. The average Bonchev–Trinajstić information content (AvgIpc) is 3.10. The van der Waals surface area contributed by atoms with Gasteiger partial charge in [-0.25, -0.2) is 4.98 Å². The van der Waals surface area contributed by atoms with E-state index in [4.69, 9.17) is 0 Å². The van der Waals surface area contributed by atoms with Crippen molar-refractivity contribution >= 4 is 23.3 Å². The lowest BCUT2D eigenvalue weighted by molar-refractivity contribution is -0.128. The zero-order valence-corrected chi connectivity index (χ0v) is 16.9. The van der Waals surface area contributed by atoms with Gasteiger partial charge in [-0.2, -0.15) is 0 Å². The second-order valence-electron chi connectivity index (χ2n) is 8.06. The molecule has 6 heteroatoms. The Balaban J connectivity index is 1.36. The van der Waals surface area contributed by atoms with Crippen molar-refractivity contribution in [3.63, 3.8) is 0 Å². The average molecular weight is 393 g/mol. The second kappa shape index (κ2) is 8.64. The Morgan fingerprint density at radius 3 is 2.66 bits per heavy atom. The van der Waals surface area contributed by atoms with E-state index >= 15 is 0 Å². The van der Waals surface area contributed by atoms with Gasteiger partial charge in [0.15, 0.2) is 0 Å². The summed E-state index contributed by atoms with van der Waals surface area (Å²) in [7, 11) is 0. The van der Waals surface area contributed by atoms with E-state index in [1.807, 2.05) is 43.3 Å². The minimum absolute atomic E-state index is 0.0313. The number of pyridine rings is 1. The van der Waals surface area contributed by atoms with Gasteiger partial charge in [-0.1, -0.05) is 30.3 Å². The fourth-order valence-corrected chi connectivity index (χ4v) is 4.22. The molecule has 152 valence electrons. The maximum atomic E-state index is 12.7. The summed E-state index contributed by atoms with van der Waals surface area (Å²) in [6.45, 7) is 5.13. The van der Waals surface area contributed by atoms with Crippen LogP contribution in [0.25, 0.3) is 0 Å². The fourth-order valence-electron chi connectivity index (χ4n) is 4.22. The van der Waals surface area contributed by atoms with Gasteiger partial charge in [0.25, 0.3) is 0 Å². The lowest BCUT2D eigenvalue weighted by Crippen LogP contribution is -2.31. The Morgan fingerprint density at radius 2 is 1.93 bits per heavy atom. The van der Waals surface area contributed by atoms with Gasteiger partial charge < -0.3 is 15.1 Å². The number of hydrogen-bond acceptors (Lipinski definition) is 4. The molecule has 0 aliphatic carbocycles. The number of amides is 2. The molecule has 1 unspecified atom stereocenters. The van der Waals surface area contributed by atoms with Crippen molar-refractivity contribution in [2.45, 2.75) is 39.2 Å². The number of hydrogen-bond donors (Lipinski definition) is 1.